The Labute approximate surface area is 105 Å². The van der Waals surface area contributed by atoms with Crippen LogP contribution < -0.4 is 0 Å². The maximum absolute atomic E-state index is 11.5. The third-order valence-electron chi connectivity index (χ3n) is 3.96. The third-order valence-corrected chi connectivity index (χ3v) is 3.96. The van der Waals surface area contributed by atoms with Crippen LogP contribution >= 0.6 is 0 Å². The molecule has 2 aliphatic heterocycles. The summed E-state index contributed by atoms with van der Waals surface area (Å²) in [6.07, 6.45) is 6.77. The number of carbonyl (C=O) groups is 1. The predicted molar refractivity (Wildman–Crippen MR) is 68.1 cm³/mol. The van der Waals surface area contributed by atoms with E-state index in [0.717, 1.165) is 32.4 Å². The summed E-state index contributed by atoms with van der Waals surface area (Å²) < 4.78 is 5.54. The first-order valence-corrected chi connectivity index (χ1v) is 7.06. The summed E-state index contributed by atoms with van der Waals surface area (Å²) in [6.45, 7) is 6.19. The lowest BCUT2D eigenvalue weighted by atomic mass is 10.0. The van der Waals surface area contributed by atoms with Gasteiger partial charge in [-0.25, -0.2) is 0 Å². The Hall–Kier alpha value is -0.410. The standard InChI is InChI=1S/C14H25NO2/c1-11(2)17-8-4-3-7-15-12-5-6-13(15)10-14(16)9-12/h11-13H,3-10H2,1-2H3. The molecule has 3 heteroatoms. The second kappa shape index (κ2) is 5.96. The minimum absolute atomic E-state index is 0.346. The van der Waals surface area contributed by atoms with Crippen molar-refractivity contribution >= 4 is 5.78 Å². The van der Waals surface area contributed by atoms with E-state index in [4.69, 9.17) is 4.74 Å². The molecule has 2 bridgehead atoms. The minimum Gasteiger partial charge on any atom is -0.379 e. The van der Waals surface area contributed by atoms with Crippen molar-refractivity contribution < 1.29 is 9.53 Å². The highest BCUT2D eigenvalue weighted by Crippen LogP contribution is 2.33. The zero-order chi connectivity index (χ0) is 12.3. The number of rotatable bonds is 6. The van der Waals surface area contributed by atoms with Gasteiger partial charge < -0.3 is 4.74 Å². The van der Waals surface area contributed by atoms with Crippen LogP contribution in [0.15, 0.2) is 0 Å². The zero-order valence-electron chi connectivity index (χ0n) is 11.2. The molecule has 2 fully saturated rings. The summed E-state index contributed by atoms with van der Waals surface area (Å²) in [7, 11) is 0. The number of fused-ring (bicyclic) bond motifs is 2. The van der Waals surface area contributed by atoms with Crippen LogP contribution in [0.5, 0.6) is 0 Å². The number of ether oxygens (including phenoxy) is 1. The maximum Gasteiger partial charge on any atom is 0.136 e. The van der Waals surface area contributed by atoms with Crippen molar-refractivity contribution in [1.82, 2.24) is 4.90 Å². The number of hydrogen-bond donors (Lipinski definition) is 0. The molecule has 2 unspecified atom stereocenters. The van der Waals surface area contributed by atoms with Crippen LogP contribution in [-0.4, -0.2) is 42.0 Å². The zero-order valence-corrected chi connectivity index (χ0v) is 11.2. The number of Topliss-reactive ketones (excluding diaryl/α,β-unsaturated/α-hetero) is 1. The lowest BCUT2D eigenvalue weighted by molar-refractivity contribution is -0.123. The SMILES string of the molecule is CC(C)OCCCCN1C2CCC1CC(=O)C2. The number of carbonyl (C=O) groups excluding carboxylic acids is 1. The van der Waals surface area contributed by atoms with E-state index in [1.807, 2.05) is 0 Å². The van der Waals surface area contributed by atoms with Crippen molar-refractivity contribution in [2.45, 2.75) is 70.6 Å². The minimum atomic E-state index is 0.346. The molecule has 0 aromatic carbocycles. The number of hydrogen-bond acceptors (Lipinski definition) is 3. The molecule has 0 aromatic rings. The van der Waals surface area contributed by atoms with E-state index in [1.165, 1.54) is 19.3 Å². The topological polar surface area (TPSA) is 29.5 Å². The van der Waals surface area contributed by atoms with Gasteiger partial charge in [-0.3, -0.25) is 9.69 Å². The van der Waals surface area contributed by atoms with Crippen LogP contribution in [0.4, 0.5) is 0 Å². The van der Waals surface area contributed by atoms with Crippen LogP contribution in [0.25, 0.3) is 0 Å². The second-order valence-corrected chi connectivity index (χ2v) is 5.70. The largest absolute Gasteiger partial charge is 0.379 e. The van der Waals surface area contributed by atoms with Gasteiger partial charge in [-0.1, -0.05) is 0 Å². The Morgan fingerprint density at radius 3 is 2.47 bits per heavy atom. The molecule has 0 aromatic heterocycles. The van der Waals surface area contributed by atoms with E-state index < -0.39 is 0 Å². The molecule has 98 valence electrons. The van der Waals surface area contributed by atoms with Crippen LogP contribution in [0.3, 0.4) is 0 Å². The molecule has 0 spiro atoms. The molecule has 2 atom stereocenters. The molecule has 0 radical (unpaired) electrons. The van der Waals surface area contributed by atoms with Gasteiger partial charge in [0.15, 0.2) is 0 Å². The highest BCUT2D eigenvalue weighted by Gasteiger charge is 2.39. The van der Waals surface area contributed by atoms with Gasteiger partial charge in [0.1, 0.15) is 5.78 Å². The first kappa shape index (κ1) is 13.0. The van der Waals surface area contributed by atoms with Gasteiger partial charge in [0, 0.05) is 31.5 Å². The van der Waals surface area contributed by atoms with Crippen molar-refractivity contribution in [2.75, 3.05) is 13.2 Å². The molecular formula is C14H25NO2. The van der Waals surface area contributed by atoms with Gasteiger partial charge in [-0.15, -0.1) is 0 Å². The number of ketones is 1. The fourth-order valence-electron chi connectivity index (χ4n) is 3.14. The van der Waals surface area contributed by atoms with Gasteiger partial charge in [0.2, 0.25) is 0 Å². The first-order valence-electron chi connectivity index (χ1n) is 7.06. The quantitative estimate of drug-likeness (QED) is 0.667. The van der Waals surface area contributed by atoms with Gasteiger partial charge >= 0.3 is 0 Å². The van der Waals surface area contributed by atoms with E-state index in [0.29, 0.717) is 24.0 Å². The Morgan fingerprint density at radius 1 is 1.24 bits per heavy atom. The summed E-state index contributed by atoms with van der Waals surface area (Å²) in [4.78, 5) is 14.1. The van der Waals surface area contributed by atoms with Crippen molar-refractivity contribution in [3.8, 4) is 0 Å². The van der Waals surface area contributed by atoms with Gasteiger partial charge in [0.25, 0.3) is 0 Å². The molecule has 3 nitrogen and oxygen atoms in total. The molecule has 2 saturated heterocycles. The van der Waals surface area contributed by atoms with Crippen molar-refractivity contribution in [3.63, 3.8) is 0 Å². The number of unbranched alkanes of at least 4 members (excludes halogenated alkanes) is 1. The van der Waals surface area contributed by atoms with Gasteiger partial charge in [-0.05, 0) is 46.1 Å². The predicted octanol–water partition coefficient (Wildman–Crippen LogP) is 2.39. The van der Waals surface area contributed by atoms with E-state index in [1.54, 1.807) is 0 Å². The lowest BCUT2D eigenvalue weighted by Gasteiger charge is -2.33. The fraction of sp³-hybridized carbons (Fsp3) is 0.929. The highest BCUT2D eigenvalue weighted by molar-refractivity contribution is 5.80. The fourth-order valence-corrected chi connectivity index (χ4v) is 3.14. The molecule has 2 heterocycles. The summed E-state index contributed by atoms with van der Waals surface area (Å²) in [5.74, 6) is 0.483. The van der Waals surface area contributed by atoms with Crippen LogP contribution in [0.2, 0.25) is 0 Å². The molecular weight excluding hydrogens is 214 g/mol. The van der Waals surface area contributed by atoms with E-state index in [2.05, 4.69) is 18.7 Å². The first-order chi connectivity index (χ1) is 8.16. The monoisotopic (exact) mass is 239 g/mol. The summed E-state index contributed by atoms with van der Waals surface area (Å²) >= 11 is 0. The average Bonchev–Trinajstić information content (AvgIpc) is 2.51. The van der Waals surface area contributed by atoms with Crippen molar-refractivity contribution in [1.29, 1.82) is 0 Å². The summed E-state index contributed by atoms with van der Waals surface area (Å²) in [5.41, 5.74) is 0. The molecule has 0 N–H and O–H groups in total. The second-order valence-electron chi connectivity index (χ2n) is 5.70. The van der Waals surface area contributed by atoms with Gasteiger partial charge in [0.05, 0.1) is 6.10 Å². The lowest BCUT2D eigenvalue weighted by Crippen LogP contribution is -2.43. The molecule has 2 rings (SSSR count). The number of piperidine rings is 1. The van der Waals surface area contributed by atoms with Crippen molar-refractivity contribution in [2.24, 2.45) is 0 Å². The van der Waals surface area contributed by atoms with E-state index >= 15 is 0 Å². The van der Waals surface area contributed by atoms with E-state index in [9.17, 15) is 4.79 Å². The Bertz CT molecular complexity index is 249. The molecule has 0 aliphatic carbocycles. The normalized spacial score (nSPS) is 29.2. The Balaban J connectivity index is 1.65. The van der Waals surface area contributed by atoms with E-state index in [-0.39, 0.29) is 0 Å². The Kier molecular flexibility index (Phi) is 4.57. The van der Waals surface area contributed by atoms with Crippen LogP contribution in [0.1, 0.15) is 52.4 Å². The van der Waals surface area contributed by atoms with Crippen LogP contribution in [0, 0.1) is 0 Å². The van der Waals surface area contributed by atoms with Crippen molar-refractivity contribution in [3.05, 3.63) is 0 Å². The van der Waals surface area contributed by atoms with Gasteiger partial charge in [-0.2, -0.15) is 0 Å². The summed E-state index contributed by atoms with van der Waals surface area (Å²) in [6, 6.07) is 1.12. The molecule has 2 aliphatic rings. The Morgan fingerprint density at radius 2 is 1.88 bits per heavy atom. The third kappa shape index (κ3) is 3.52. The highest BCUT2D eigenvalue weighted by atomic mass is 16.5. The smallest absolute Gasteiger partial charge is 0.136 e. The average molecular weight is 239 g/mol. The summed E-state index contributed by atoms with van der Waals surface area (Å²) in [5, 5.41) is 0. The molecule has 0 amide bonds. The molecule has 0 saturated carbocycles. The van der Waals surface area contributed by atoms with Crippen LogP contribution in [-0.2, 0) is 9.53 Å². The molecule has 17 heavy (non-hydrogen) atoms. The number of nitrogens with zero attached hydrogens (tertiary/aromatic N) is 1. The maximum atomic E-state index is 11.5.